The van der Waals surface area contributed by atoms with Crippen LogP contribution >= 0.6 is 12.2 Å². The second kappa shape index (κ2) is 6.30. The highest BCUT2D eigenvalue weighted by Crippen LogP contribution is 2.16. The van der Waals surface area contributed by atoms with Gasteiger partial charge in [-0.25, -0.2) is 0 Å². The summed E-state index contributed by atoms with van der Waals surface area (Å²) in [6, 6.07) is 6.90. The van der Waals surface area contributed by atoms with E-state index in [1.54, 1.807) is 29.2 Å². The molecule has 2 rings (SSSR count). The van der Waals surface area contributed by atoms with Crippen molar-refractivity contribution in [2.45, 2.75) is 19.1 Å². The SMILES string of the molecule is CC1COC(CO)CN1C(=O)c1ccc(C(N)=S)cc1. The summed E-state index contributed by atoms with van der Waals surface area (Å²) in [5.74, 6) is -0.0752. The quantitative estimate of drug-likeness (QED) is 0.796. The third kappa shape index (κ3) is 3.15. The molecular formula is C14H18N2O3S. The molecule has 5 nitrogen and oxygen atoms in total. The fourth-order valence-electron chi connectivity index (χ4n) is 2.15. The maximum absolute atomic E-state index is 12.5. The van der Waals surface area contributed by atoms with Crippen LogP contribution in [0.2, 0.25) is 0 Å². The highest BCUT2D eigenvalue weighted by molar-refractivity contribution is 7.80. The number of morpholine rings is 1. The Labute approximate surface area is 123 Å². The van der Waals surface area contributed by atoms with E-state index in [4.69, 9.17) is 27.8 Å². The number of carbonyl (C=O) groups is 1. The number of rotatable bonds is 3. The highest BCUT2D eigenvalue weighted by Gasteiger charge is 2.29. The van der Waals surface area contributed by atoms with Crippen LogP contribution in [0.4, 0.5) is 0 Å². The number of aliphatic hydroxyl groups is 1. The van der Waals surface area contributed by atoms with E-state index >= 15 is 0 Å². The van der Waals surface area contributed by atoms with E-state index in [1.807, 2.05) is 6.92 Å². The predicted molar refractivity (Wildman–Crippen MR) is 79.7 cm³/mol. The molecule has 1 heterocycles. The van der Waals surface area contributed by atoms with Gasteiger partial charge in [-0.1, -0.05) is 24.4 Å². The van der Waals surface area contributed by atoms with E-state index < -0.39 is 0 Å². The van der Waals surface area contributed by atoms with Crippen molar-refractivity contribution in [2.24, 2.45) is 5.73 Å². The first-order chi connectivity index (χ1) is 9.52. The van der Waals surface area contributed by atoms with Gasteiger partial charge in [0.05, 0.1) is 25.4 Å². The van der Waals surface area contributed by atoms with E-state index in [-0.39, 0.29) is 24.7 Å². The molecule has 1 aliphatic rings. The van der Waals surface area contributed by atoms with Gasteiger partial charge in [0.1, 0.15) is 4.99 Å². The highest BCUT2D eigenvalue weighted by atomic mass is 32.1. The summed E-state index contributed by atoms with van der Waals surface area (Å²) in [5.41, 5.74) is 6.85. The molecule has 1 aromatic rings. The predicted octanol–water partition coefficient (Wildman–Crippen LogP) is 0.543. The Kier molecular flexibility index (Phi) is 4.69. The standard InChI is InChI=1S/C14H18N2O3S/c1-9-8-19-12(7-17)6-16(9)14(18)11-4-2-10(3-5-11)13(15)20/h2-5,9,12,17H,6-8H2,1H3,(H2,15,20). The van der Waals surface area contributed by atoms with Gasteiger partial charge in [-0.15, -0.1) is 0 Å². The normalized spacial score (nSPS) is 22.6. The van der Waals surface area contributed by atoms with E-state index in [0.29, 0.717) is 23.7 Å². The van der Waals surface area contributed by atoms with E-state index in [1.165, 1.54) is 0 Å². The molecule has 1 amide bonds. The molecule has 0 spiro atoms. The Hall–Kier alpha value is -1.50. The van der Waals surface area contributed by atoms with Gasteiger partial charge in [-0.05, 0) is 19.1 Å². The Morgan fingerprint density at radius 1 is 1.45 bits per heavy atom. The van der Waals surface area contributed by atoms with Crippen molar-refractivity contribution >= 4 is 23.1 Å². The molecule has 20 heavy (non-hydrogen) atoms. The number of hydrogen-bond acceptors (Lipinski definition) is 4. The summed E-state index contributed by atoms with van der Waals surface area (Å²) in [7, 11) is 0. The van der Waals surface area contributed by atoms with Crippen molar-refractivity contribution in [3.05, 3.63) is 35.4 Å². The monoisotopic (exact) mass is 294 g/mol. The number of thiocarbonyl (C=S) groups is 1. The van der Waals surface area contributed by atoms with Crippen LogP contribution in [-0.2, 0) is 4.74 Å². The summed E-state index contributed by atoms with van der Waals surface area (Å²) >= 11 is 4.88. The van der Waals surface area contributed by atoms with Crippen molar-refractivity contribution in [1.29, 1.82) is 0 Å². The average molecular weight is 294 g/mol. The second-order valence-electron chi connectivity index (χ2n) is 4.89. The molecule has 2 unspecified atom stereocenters. The van der Waals surface area contributed by atoms with Gasteiger partial charge in [-0.3, -0.25) is 4.79 Å². The van der Waals surface area contributed by atoms with Crippen molar-refractivity contribution in [3.63, 3.8) is 0 Å². The molecular weight excluding hydrogens is 276 g/mol. The summed E-state index contributed by atoms with van der Waals surface area (Å²) < 4.78 is 5.43. The number of benzene rings is 1. The zero-order chi connectivity index (χ0) is 14.7. The second-order valence-corrected chi connectivity index (χ2v) is 5.33. The van der Waals surface area contributed by atoms with Crippen LogP contribution in [0.3, 0.4) is 0 Å². The molecule has 1 fully saturated rings. The largest absolute Gasteiger partial charge is 0.394 e. The zero-order valence-corrected chi connectivity index (χ0v) is 12.1. The summed E-state index contributed by atoms with van der Waals surface area (Å²) in [4.78, 5) is 14.5. The molecule has 0 aliphatic carbocycles. The minimum absolute atomic E-state index is 0.0134. The smallest absolute Gasteiger partial charge is 0.254 e. The van der Waals surface area contributed by atoms with Crippen LogP contribution < -0.4 is 5.73 Å². The molecule has 108 valence electrons. The minimum atomic E-state index is -0.314. The molecule has 0 aromatic heterocycles. The molecule has 1 aromatic carbocycles. The average Bonchev–Trinajstić information content (AvgIpc) is 2.47. The number of ether oxygens (including phenoxy) is 1. The Bertz CT molecular complexity index is 504. The lowest BCUT2D eigenvalue weighted by Gasteiger charge is -2.37. The fraction of sp³-hybridized carbons (Fsp3) is 0.429. The van der Waals surface area contributed by atoms with Crippen LogP contribution in [0, 0.1) is 0 Å². The number of nitrogens with two attached hydrogens (primary N) is 1. The van der Waals surface area contributed by atoms with Crippen molar-refractivity contribution in [1.82, 2.24) is 4.90 Å². The van der Waals surface area contributed by atoms with Crippen molar-refractivity contribution in [3.8, 4) is 0 Å². The van der Waals surface area contributed by atoms with Crippen LogP contribution in [0.25, 0.3) is 0 Å². The number of nitrogens with zero attached hydrogens (tertiary/aromatic N) is 1. The molecule has 0 bridgehead atoms. The van der Waals surface area contributed by atoms with Gasteiger partial charge in [-0.2, -0.15) is 0 Å². The van der Waals surface area contributed by atoms with E-state index in [2.05, 4.69) is 0 Å². The zero-order valence-electron chi connectivity index (χ0n) is 11.3. The summed E-state index contributed by atoms with van der Waals surface area (Å²) in [6.07, 6.45) is -0.314. The van der Waals surface area contributed by atoms with Crippen molar-refractivity contribution in [2.75, 3.05) is 19.8 Å². The molecule has 6 heteroatoms. The lowest BCUT2D eigenvalue weighted by Crippen LogP contribution is -2.52. The number of carbonyl (C=O) groups excluding carboxylic acids is 1. The molecule has 0 radical (unpaired) electrons. The van der Waals surface area contributed by atoms with Crippen LogP contribution in [0.5, 0.6) is 0 Å². The lowest BCUT2D eigenvalue weighted by atomic mass is 10.1. The van der Waals surface area contributed by atoms with Crippen LogP contribution in [-0.4, -0.2) is 52.8 Å². The Balaban J connectivity index is 2.15. The summed E-state index contributed by atoms with van der Waals surface area (Å²) in [6.45, 7) is 2.67. The summed E-state index contributed by atoms with van der Waals surface area (Å²) in [5, 5.41) is 9.15. The van der Waals surface area contributed by atoms with Crippen LogP contribution in [0.15, 0.2) is 24.3 Å². The van der Waals surface area contributed by atoms with Crippen molar-refractivity contribution < 1.29 is 14.6 Å². The molecule has 0 saturated carbocycles. The third-order valence-corrected chi connectivity index (χ3v) is 3.62. The van der Waals surface area contributed by atoms with Gasteiger partial charge in [0.2, 0.25) is 0 Å². The number of amides is 1. The third-order valence-electron chi connectivity index (χ3n) is 3.39. The van der Waals surface area contributed by atoms with Crippen LogP contribution in [0.1, 0.15) is 22.8 Å². The number of aliphatic hydroxyl groups excluding tert-OH is 1. The first-order valence-corrected chi connectivity index (χ1v) is 6.87. The number of hydrogen-bond donors (Lipinski definition) is 2. The van der Waals surface area contributed by atoms with E-state index in [9.17, 15) is 4.79 Å². The van der Waals surface area contributed by atoms with Gasteiger partial charge in [0.15, 0.2) is 0 Å². The van der Waals surface area contributed by atoms with E-state index in [0.717, 1.165) is 5.56 Å². The first-order valence-electron chi connectivity index (χ1n) is 6.46. The molecule has 2 atom stereocenters. The minimum Gasteiger partial charge on any atom is -0.394 e. The molecule has 3 N–H and O–H groups in total. The molecule has 1 aliphatic heterocycles. The maximum atomic E-state index is 12.5. The Morgan fingerprint density at radius 2 is 2.05 bits per heavy atom. The van der Waals surface area contributed by atoms with Gasteiger partial charge in [0.25, 0.3) is 5.91 Å². The molecule has 1 saturated heterocycles. The van der Waals surface area contributed by atoms with Gasteiger partial charge < -0.3 is 20.5 Å². The Morgan fingerprint density at radius 3 is 2.60 bits per heavy atom. The first kappa shape index (κ1) is 14.9. The lowest BCUT2D eigenvalue weighted by molar-refractivity contribution is -0.0667. The van der Waals surface area contributed by atoms with Gasteiger partial charge in [0, 0.05) is 17.7 Å². The fourth-order valence-corrected chi connectivity index (χ4v) is 2.29. The maximum Gasteiger partial charge on any atom is 0.254 e. The van der Waals surface area contributed by atoms with Gasteiger partial charge >= 0.3 is 0 Å². The topological polar surface area (TPSA) is 75.8 Å².